The van der Waals surface area contributed by atoms with Crippen molar-refractivity contribution in [3.8, 4) is 0 Å². The SMILES string of the molecule is Nc1nc2c(ncn2[C@H]2COP(=O)([O-])OC[C@H]3O[C@@H](n4cnc5c(N)ncnc54)[C@@H](O)C3OP(=O)([O-])OC[C@H](CO)O2)c(=O)[nH]1. The lowest BCUT2D eigenvalue weighted by Gasteiger charge is -2.33. The maximum absolute atomic E-state index is 12.9. The molecule has 0 radical (unpaired) electrons. The Kier molecular flexibility index (Phi) is 8.45. The third-order valence-corrected chi connectivity index (χ3v) is 8.62. The van der Waals surface area contributed by atoms with Gasteiger partial charge in [-0.3, -0.25) is 28.0 Å². The normalized spacial score (nSPS) is 33.7. The zero-order valence-corrected chi connectivity index (χ0v) is 24.4. The minimum Gasteiger partial charge on any atom is -0.756 e. The lowest BCUT2D eigenvalue weighted by atomic mass is 10.1. The first-order chi connectivity index (χ1) is 21.4. The molecule has 0 aromatic carbocycles. The number of hydrogen-bond donors (Lipinski definition) is 5. The molecule has 3 unspecified atom stereocenters. The second-order valence-electron chi connectivity index (χ2n) is 9.66. The molecule has 6 heterocycles. The molecular formula is C20H24N10O13P2-2. The fourth-order valence-electron chi connectivity index (χ4n) is 4.68. The van der Waals surface area contributed by atoms with E-state index in [2.05, 4.69) is 29.9 Å². The molecule has 4 aromatic heterocycles. The number of ether oxygens (including phenoxy) is 2. The van der Waals surface area contributed by atoms with Gasteiger partial charge in [0.25, 0.3) is 21.2 Å². The molecule has 0 saturated carbocycles. The number of nitrogens with zero attached hydrogens (tertiary/aromatic N) is 7. The van der Waals surface area contributed by atoms with Crippen molar-refractivity contribution >= 4 is 49.7 Å². The Morgan fingerprint density at radius 2 is 1.67 bits per heavy atom. The van der Waals surface area contributed by atoms with Gasteiger partial charge >= 0.3 is 0 Å². The summed E-state index contributed by atoms with van der Waals surface area (Å²) >= 11 is 0. The largest absolute Gasteiger partial charge is 0.756 e. The Labute approximate surface area is 249 Å². The summed E-state index contributed by atoms with van der Waals surface area (Å²) < 4.78 is 59.5. The summed E-state index contributed by atoms with van der Waals surface area (Å²) in [7, 11) is -10.6. The van der Waals surface area contributed by atoms with E-state index in [-0.39, 0.29) is 34.1 Å². The van der Waals surface area contributed by atoms with E-state index in [9.17, 15) is 33.9 Å². The number of aromatic nitrogens is 8. The highest BCUT2D eigenvalue weighted by Gasteiger charge is 2.48. The molecule has 0 spiro atoms. The second-order valence-corrected chi connectivity index (χ2v) is 12.4. The van der Waals surface area contributed by atoms with Gasteiger partial charge in [0.2, 0.25) is 5.95 Å². The lowest BCUT2D eigenvalue weighted by molar-refractivity contribution is -0.243. The summed E-state index contributed by atoms with van der Waals surface area (Å²) in [5, 5.41) is 21.0. The van der Waals surface area contributed by atoms with Gasteiger partial charge in [0.15, 0.2) is 35.1 Å². The van der Waals surface area contributed by atoms with Crippen molar-refractivity contribution in [2.24, 2.45) is 0 Å². The highest BCUT2D eigenvalue weighted by Crippen LogP contribution is 2.47. The van der Waals surface area contributed by atoms with Crippen LogP contribution in [0.25, 0.3) is 22.3 Å². The molecule has 25 heteroatoms. The molecule has 2 aliphatic heterocycles. The van der Waals surface area contributed by atoms with Crippen LogP contribution < -0.4 is 26.8 Å². The van der Waals surface area contributed by atoms with Crippen molar-refractivity contribution < 1.29 is 56.7 Å². The predicted molar refractivity (Wildman–Crippen MR) is 141 cm³/mol. The van der Waals surface area contributed by atoms with Crippen LogP contribution in [-0.4, -0.2) is 100 Å². The average molecular weight is 674 g/mol. The summed E-state index contributed by atoms with van der Waals surface area (Å²) in [5.41, 5.74) is 10.6. The Morgan fingerprint density at radius 1 is 0.956 bits per heavy atom. The molecule has 45 heavy (non-hydrogen) atoms. The highest BCUT2D eigenvalue weighted by molar-refractivity contribution is 7.46. The molecule has 6 rings (SSSR count). The predicted octanol–water partition coefficient (Wildman–Crippen LogP) is -3.36. The summed E-state index contributed by atoms with van der Waals surface area (Å²) in [6.07, 6.45) is -6.08. The molecule has 2 aliphatic rings. The lowest BCUT2D eigenvalue weighted by Crippen LogP contribution is -2.38. The van der Waals surface area contributed by atoms with Gasteiger partial charge in [-0.2, -0.15) is 4.98 Å². The monoisotopic (exact) mass is 674 g/mol. The van der Waals surface area contributed by atoms with Gasteiger partial charge in [-0.05, 0) is 0 Å². The van der Waals surface area contributed by atoms with Crippen LogP contribution >= 0.6 is 15.6 Å². The summed E-state index contributed by atoms with van der Waals surface area (Å²) in [5.74, 6) is -0.286. The highest BCUT2D eigenvalue weighted by atomic mass is 31.2. The number of fused-ring (bicyclic) bond motifs is 3. The van der Waals surface area contributed by atoms with Gasteiger partial charge < -0.3 is 59.0 Å². The zero-order chi connectivity index (χ0) is 32.1. The van der Waals surface area contributed by atoms with Gasteiger partial charge in [-0.15, -0.1) is 0 Å². The van der Waals surface area contributed by atoms with Gasteiger partial charge in [0.1, 0.15) is 42.9 Å². The minimum atomic E-state index is -5.32. The summed E-state index contributed by atoms with van der Waals surface area (Å²) in [4.78, 5) is 60.0. The van der Waals surface area contributed by atoms with E-state index in [0.717, 1.165) is 17.2 Å². The fraction of sp³-hybridized carbons (Fsp3) is 0.500. The number of imidazole rings is 2. The molecule has 0 amide bonds. The number of aliphatic hydroxyl groups excluding tert-OH is 2. The van der Waals surface area contributed by atoms with E-state index in [1.807, 2.05) is 0 Å². The second kappa shape index (κ2) is 12.1. The number of nitrogens with one attached hydrogen (secondary N) is 1. The number of hydrogen-bond acceptors (Lipinski definition) is 20. The number of phosphoric ester groups is 2. The molecule has 4 aromatic rings. The van der Waals surface area contributed by atoms with Crippen LogP contribution in [0.2, 0.25) is 0 Å². The molecule has 0 aliphatic carbocycles. The van der Waals surface area contributed by atoms with Crippen molar-refractivity contribution in [1.29, 1.82) is 0 Å². The quantitative estimate of drug-likeness (QED) is 0.132. The van der Waals surface area contributed by atoms with Gasteiger partial charge in [-0.25, -0.2) is 19.9 Å². The zero-order valence-electron chi connectivity index (χ0n) is 22.6. The van der Waals surface area contributed by atoms with E-state index in [1.54, 1.807) is 0 Å². The summed E-state index contributed by atoms with van der Waals surface area (Å²) in [6, 6.07) is 0. The van der Waals surface area contributed by atoms with E-state index < -0.39 is 84.5 Å². The fourth-order valence-corrected chi connectivity index (χ4v) is 6.36. The molecule has 2 fully saturated rings. The number of nitrogen functional groups attached to an aromatic ring is 2. The molecule has 244 valence electrons. The maximum Gasteiger partial charge on any atom is 0.280 e. The number of aromatic amines is 1. The van der Waals surface area contributed by atoms with Crippen LogP contribution in [0.3, 0.4) is 0 Å². The molecular weight excluding hydrogens is 650 g/mol. The van der Waals surface area contributed by atoms with Crippen LogP contribution in [0.4, 0.5) is 11.8 Å². The molecule has 23 nitrogen and oxygen atoms in total. The van der Waals surface area contributed by atoms with Crippen LogP contribution in [0.15, 0.2) is 23.8 Å². The van der Waals surface area contributed by atoms with Crippen molar-refractivity contribution in [3.05, 3.63) is 29.3 Å². The molecule has 2 saturated heterocycles. The number of aliphatic hydroxyl groups is 2. The van der Waals surface area contributed by atoms with Gasteiger partial charge in [-0.1, -0.05) is 0 Å². The van der Waals surface area contributed by atoms with Crippen LogP contribution in [0.5, 0.6) is 0 Å². The maximum atomic E-state index is 12.9. The standard InChI is InChI=1S/C20H26N10O13P2/c21-15-11-16(24-5-23-15)30(7-25-11)19-13(32)14-9(42-19)3-39-44(34,35)40-4-10(41-8(1-31)2-38-45(36,37)43-14)29-6-26-12-17(29)27-20(22)28-18(12)33/h5-10,13-14,19,31-32H,1-4H2,(H,34,35)(H,36,37)(H2,21,23,24)(H3,22,27,28,33)/p-2/t8-,9+,10+,13-,14?,19+/m0/s1. The third kappa shape index (κ3) is 6.34. The van der Waals surface area contributed by atoms with Crippen LogP contribution in [0.1, 0.15) is 12.5 Å². The first-order valence-corrected chi connectivity index (χ1v) is 15.8. The van der Waals surface area contributed by atoms with E-state index in [1.165, 1.54) is 10.9 Å². The van der Waals surface area contributed by atoms with Gasteiger partial charge in [0, 0.05) is 0 Å². The van der Waals surface area contributed by atoms with Gasteiger partial charge in [0.05, 0.1) is 32.5 Å². The topological polar surface area (TPSA) is 335 Å². The smallest absolute Gasteiger partial charge is 0.280 e. The average Bonchev–Trinajstić information content (AvgIpc) is 3.68. The Morgan fingerprint density at radius 3 is 2.44 bits per heavy atom. The molecule has 0 bridgehead atoms. The molecule has 8 atom stereocenters. The van der Waals surface area contributed by atoms with Crippen LogP contribution in [0, 0.1) is 0 Å². The van der Waals surface area contributed by atoms with Crippen LogP contribution in [-0.2, 0) is 36.7 Å². The van der Waals surface area contributed by atoms with Crippen molar-refractivity contribution in [1.82, 2.24) is 39.0 Å². The number of phosphoric acid groups is 2. The van der Waals surface area contributed by atoms with E-state index >= 15 is 0 Å². The van der Waals surface area contributed by atoms with E-state index in [0.29, 0.717) is 0 Å². The molecule has 7 N–H and O–H groups in total. The van der Waals surface area contributed by atoms with Crippen molar-refractivity contribution in [2.75, 3.05) is 37.9 Å². The third-order valence-electron chi connectivity index (χ3n) is 6.73. The Balaban J connectivity index is 1.30. The number of rotatable bonds is 3. The number of anilines is 2. The van der Waals surface area contributed by atoms with E-state index in [4.69, 9.17) is 39.0 Å². The minimum absolute atomic E-state index is 0.0139. The van der Waals surface area contributed by atoms with Crippen molar-refractivity contribution in [3.63, 3.8) is 0 Å². The van der Waals surface area contributed by atoms with Crippen molar-refractivity contribution in [2.45, 2.75) is 36.9 Å². The Hall–Kier alpha value is -3.44. The number of nitrogens with two attached hydrogens (primary N) is 2. The Bertz CT molecular complexity index is 1870. The number of H-pyrrole nitrogens is 1. The first-order valence-electron chi connectivity index (χ1n) is 12.8. The summed E-state index contributed by atoms with van der Waals surface area (Å²) in [6.45, 7) is -3.42. The first kappa shape index (κ1) is 31.5.